The van der Waals surface area contributed by atoms with E-state index in [1.54, 1.807) is 0 Å². The molecule has 8 atom stereocenters. The Kier molecular flexibility index (Phi) is 4.26. The number of furan rings is 1. The summed E-state index contributed by atoms with van der Waals surface area (Å²) in [4.78, 5) is 24.6. The lowest BCUT2D eigenvalue weighted by Crippen LogP contribution is -2.61. The summed E-state index contributed by atoms with van der Waals surface area (Å²) in [5.41, 5.74) is 0.349. The van der Waals surface area contributed by atoms with Gasteiger partial charge in [0.25, 0.3) is 0 Å². The highest BCUT2D eigenvalue weighted by molar-refractivity contribution is 5.91. The van der Waals surface area contributed by atoms with Crippen molar-refractivity contribution in [1.82, 2.24) is 0 Å². The Hall–Kier alpha value is -1.88. The molecule has 0 radical (unpaired) electrons. The van der Waals surface area contributed by atoms with Crippen LogP contribution in [-0.4, -0.2) is 28.6 Å². The Balaban J connectivity index is 1.50. The van der Waals surface area contributed by atoms with E-state index in [0.29, 0.717) is 25.2 Å². The maximum Gasteiger partial charge on any atom is 0.306 e. The number of ketones is 1. The predicted molar refractivity (Wildman–Crippen MR) is 118 cm³/mol. The van der Waals surface area contributed by atoms with E-state index in [0.717, 1.165) is 43.6 Å². The molecular weight excluding hydrogens is 404 g/mol. The molecule has 2 unspecified atom stereocenters. The standard InChI is InChI=1S/C27H34O5/c1-15-4-5-21(31-15)18-13-16-12-17(28)6-9-25(16,2)24-20(29)14-26(3)19(23(18)24)7-10-27(26)11-8-22(30)32-27/h4-5,12,18-20,23-24,29H,6-11,13-14H2,1-3H3/t18-,19-,20?,23-,24?,25-,26-,27+/m0/s1. The summed E-state index contributed by atoms with van der Waals surface area (Å²) in [5.74, 6) is 2.79. The van der Waals surface area contributed by atoms with E-state index in [2.05, 4.69) is 19.9 Å². The SMILES string of the molecule is Cc1ccc([C@@H]2CC3=CC(=O)CC[C@]3(C)C3C(O)C[C@@]4(C)[C@@H](CC[C@@]45CCC(=O)O5)[C@@H]32)o1. The molecule has 6 rings (SSSR count). The van der Waals surface area contributed by atoms with Crippen LogP contribution in [0.5, 0.6) is 0 Å². The van der Waals surface area contributed by atoms with Crippen LogP contribution in [0.1, 0.15) is 82.7 Å². The van der Waals surface area contributed by atoms with Gasteiger partial charge in [0.05, 0.1) is 6.10 Å². The zero-order valence-corrected chi connectivity index (χ0v) is 19.4. The van der Waals surface area contributed by atoms with Gasteiger partial charge in [-0.15, -0.1) is 0 Å². The Labute approximate surface area is 189 Å². The summed E-state index contributed by atoms with van der Waals surface area (Å²) in [5, 5.41) is 11.8. The first kappa shape index (κ1) is 20.7. The lowest BCUT2D eigenvalue weighted by atomic mass is 9.43. The van der Waals surface area contributed by atoms with Crippen molar-refractivity contribution < 1.29 is 23.8 Å². The van der Waals surface area contributed by atoms with Gasteiger partial charge in [0.15, 0.2) is 5.78 Å². The first-order valence-corrected chi connectivity index (χ1v) is 12.4. The van der Waals surface area contributed by atoms with Gasteiger partial charge in [0, 0.05) is 24.2 Å². The van der Waals surface area contributed by atoms with E-state index in [1.807, 2.05) is 19.1 Å². The van der Waals surface area contributed by atoms with Gasteiger partial charge in [-0.25, -0.2) is 0 Å². The van der Waals surface area contributed by atoms with E-state index in [9.17, 15) is 14.7 Å². The number of carbonyl (C=O) groups excluding carboxylic acids is 2. The zero-order chi connectivity index (χ0) is 22.5. The van der Waals surface area contributed by atoms with Gasteiger partial charge < -0.3 is 14.3 Å². The maximum atomic E-state index is 12.4. The Morgan fingerprint density at radius 3 is 2.59 bits per heavy atom. The molecule has 5 aliphatic rings. The third-order valence-electron chi connectivity index (χ3n) is 10.4. The fourth-order valence-electron chi connectivity index (χ4n) is 8.90. The van der Waals surface area contributed by atoms with Gasteiger partial charge in [-0.05, 0) is 86.8 Å². The zero-order valence-electron chi connectivity index (χ0n) is 19.4. The summed E-state index contributed by atoms with van der Waals surface area (Å²) in [7, 11) is 0. The van der Waals surface area contributed by atoms with Crippen molar-refractivity contribution in [3.8, 4) is 0 Å². The molecule has 2 heterocycles. The van der Waals surface area contributed by atoms with Crippen LogP contribution in [0.4, 0.5) is 0 Å². The summed E-state index contributed by atoms with van der Waals surface area (Å²) < 4.78 is 12.3. The topological polar surface area (TPSA) is 76.7 Å². The molecule has 172 valence electrons. The number of carbonyl (C=O) groups is 2. The number of allylic oxidation sites excluding steroid dienone is 1. The highest BCUT2D eigenvalue weighted by atomic mass is 16.6. The van der Waals surface area contributed by atoms with Crippen LogP contribution in [0, 0.1) is 35.5 Å². The molecule has 1 N–H and O–H groups in total. The summed E-state index contributed by atoms with van der Waals surface area (Å²) in [6.07, 6.45) is 7.38. The Bertz CT molecular complexity index is 1020. The fraction of sp³-hybridized carbons (Fsp3) is 0.704. The third kappa shape index (κ3) is 2.55. The van der Waals surface area contributed by atoms with E-state index in [-0.39, 0.29) is 40.3 Å². The monoisotopic (exact) mass is 438 g/mol. The van der Waals surface area contributed by atoms with Crippen LogP contribution < -0.4 is 0 Å². The lowest BCUT2D eigenvalue weighted by Gasteiger charge is -2.62. The number of hydrogen-bond donors (Lipinski definition) is 1. The summed E-state index contributed by atoms with van der Waals surface area (Å²) >= 11 is 0. The summed E-state index contributed by atoms with van der Waals surface area (Å²) in [6, 6.07) is 4.11. The number of rotatable bonds is 1. The molecule has 1 aromatic heterocycles. The van der Waals surface area contributed by atoms with Crippen molar-refractivity contribution >= 4 is 11.8 Å². The minimum absolute atomic E-state index is 0.0799. The first-order valence-electron chi connectivity index (χ1n) is 12.4. The minimum atomic E-state index is -0.490. The highest BCUT2D eigenvalue weighted by Gasteiger charge is 2.70. The van der Waals surface area contributed by atoms with Gasteiger partial charge in [0.1, 0.15) is 17.1 Å². The summed E-state index contributed by atoms with van der Waals surface area (Å²) in [6.45, 7) is 6.52. The largest absolute Gasteiger partial charge is 0.466 e. The predicted octanol–water partition coefficient (Wildman–Crippen LogP) is 4.86. The number of aliphatic hydroxyl groups is 1. The van der Waals surface area contributed by atoms with Crippen molar-refractivity contribution in [3.63, 3.8) is 0 Å². The third-order valence-corrected chi connectivity index (χ3v) is 10.4. The first-order chi connectivity index (χ1) is 15.2. The smallest absolute Gasteiger partial charge is 0.306 e. The van der Waals surface area contributed by atoms with Crippen molar-refractivity contribution in [1.29, 1.82) is 0 Å². The van der Waals surface area contributed by atoms with Crippen LogP contribution in [-0.2, 0) is 14.3 Å². The molecule has 3 saturated carbocycles. The second-order valence-electron chi connectivity index (χ2n) is 11.7. The van der Waals surface area contributed by atoms with Crippen molar-refractivity contribution in [3.05, 3.63) is 35.3 Å². The number of fused-ring (bicyclic) bond motifs is 6. The van der Waals surface area contributed by atoms with Crippen molar-refractivity contribution in [2.45, 2.75) is 89.8 Å². The van der Waals surface area contributed by atoms with Gasteiger partial charge in [-0.3, -0.25) is 9.59 Å². The number of esters is 1. The molecule has 1 spiro atoms. The molecular formula is C27H34O5. The number of hydrogen-bond acceptors (Lipinski definition) is 5. The molecule has 1 saturated heterocycles. The molecule has 4 fully saturated rings. The highest BCUT2D eigenvalue weighted by Crippen LogP contribution is 2.71. The molecule has 0 amide bonds. The minimum Gasteiger partial charge on any atom is -0.466 e. The normalized spacial score (nSPS) is 47.6. The molecule has 0 aromatic carbocycles. The molecule has 5 heteroatoms. The van der Waals surface area contributed by atoms with Crippen LogP contribution >= 0.6 is 0 Å². The lowest BCUT2D eigenvalue weighted by molar-refractivity contribution is -0.188. The van der Waals surface area contributed by atoms with Gasteiger partial charge in [-0.1, -0.05) is 19.4 Å². The quantitative estimate of drug-likeness (QED) is 0.634. The Morgan fingerprint density at radius 1 is 1.09 bits per heavy atom. The molecule has 5 nitrogen and oxygen atoms in total. The average molecular weight is 439 g/mol. The number of ether oxygens (including phenoxy) is 1. The second kappa shape index (κ2) is 6.59. The fourth-order valence-corrected chi connectivity index (χ4v) is 8.90. The van der Waals surface area contributed by atoms with Gasteiger partial charge >= 0.3 is 5.97 Å². The molecule has 0 bridgehead atoms. The van der Waals surface area contributed by atoms with E-state index < -0.39 is 11.7 Å². The maximum absolute atomic E-state index is 12.4. The van der Waals surface area contributed by atoms with E-state index >= 15 is 0 Å². The molecule has 1 aromatic rings. The molecule has 32 heavy (non-hydrogen) atoms. The Morgan fingerprint density at radius 2 is 1.91 bits per heavy atom. The number of aliphatic hydroxyl groups excluding tert-OH is 1. The van der Waals surface area contributed by atoms with Crippen LogP contribution in [0.3, 0.4) is 0 Å². The van der Waals surface area contributed by atoms with Gasteiger partial charge in [0.2, 0.25) is 0 Å². The van der Waals surface area contributed by atoms with Crippen LogP contribution in [0.2, 0.25) is 0 Å². The second-order valence-corrected chi connectivity index (χ2v) is 11.7. The van der Waals surface area contributed by atoms with Crippen molar-refractivity contribution in [2.75, 3.05) is 0 Å². The van der Waals surface area contributed by atoms with Gasteiger partial charge in [-0.2, -0.15) is 0 Å². The average Bonchev–Trinajstić information content (AvgIpc) is 3.40. The molecule has 4 aliphatic carbocycles. The van der Waals surface area contributed by atoms with E-state index in [1.165, 1.54) is 5.57 Å². The van der Waals surface area contributed by atoms with Crippen LogP contribution in [0.15, 0.2) is 28.2 Å². The molecule has 1 aliphatic heterocycles. The van der Waals surface area contributed by atoms with Crippen LogP contribution in [0.25, 0.3) is 0 Å². The number of aryl methyl sites for hydroxylation is 1. The van der Waals surface area contributed by atoms with Crippen molar-refractivity contribution in [2.24, 2.45) is 28.6 Å². The van der Waals surface area contributed by atoms with E-state index in [4.69, 9.17) is 9.15 Å².